The zero-order valence-corrected chi connectivity index (χ0v) is 10.6. The number of sulfonamides is 1. The van der Waals surface area contributed by atoms with Gasteiger partial charge in [0.05, 0.1) is 11.9 Å². The molecule has 0 atom stereocenters. The molecule has 0 spiro atoms. The molecule has 94 valence electrons. The molecule has 1 aromatic carbocycles. The van der Waals surface area contributed by atoms with E-state index in [1.165, 1.54) is 0 Å². The van der Waals surface area contributed by atoms with Gasteiger partial charge in [0.2, 0.25) is 10.0 Å². The van der Waals surface area contributed by atoms with E-state index in [-0.39, 0.29) is 0 Å². The third-order valence-electron chi connectivity index (χ3n) is 2.63. The molecule has 2 rings (SSSR count). The summed E-state index contributed by atoms with van der Waals surface area (Å²) in [4.78, 5) is 2.24. The van der Waals surface area contributed by atoms with Crippen molar-refractivity contribution < 1.29 is 8.42 Å². The van der Waals surface area contributed by atoms with E-state index >= 15 is 0 Å². The predicted molar refractivity (Wildman–Crippen MR) is 70.0 cm³/mol. The van der Waals surface area contributed by atoms with Gasteiger partial charge in [0.25, 0.3) is 0 Å². The number of benzene rings is 1. The molecule has 6 heteroatoms. The molecule has 0 saturated carbocycles. The molecule has 0 bridgehead atoms. The molecule has 1 aliphatic heterocycles. The summed E-state index contributed by atoms with van der Waals surface area (Å²) < 4.78 is 24.8. The van der Waals surface area contributed by atoms with Gasteiger partial charge in [-0.3, -0.25) is 4.72 Å². The molecular formula is C11H17N3O2S. The summed E-state index contributed by atoms with van der Waals surface area (Å²) in [5, 5.41) is 3.28. The van der Waals surface area contributed by atoms with Crippen LogP contribution in [0.5, 0.6) is 0 Å². The number of nitrogens with zero attached hydrogens (tertiary/aromatic N) is 1. The minimum absolute atomic E-state index is 0.614. The van der Waals surface area contributed by atoms with Gasteiger partial charge in [-0.2, -0.15) is 0 Å². The van der Waals surface area contributed by atoms with Crippen molar-refractivity contribution in [2.24, 2.45) is 0 Å². The van der Waals surface area contributed by atoms with E-state index in [0.29, 0.717) is 5.69 Å². The first kappa shape index (κ1) is 12.2. The summed E-state index contributed by atoms with van der Waals surface area (Å²) in [5.74, 6) is 0. The Kier molecular flexibility index (Phi) is 3.54. The molecule has 0 unspecified atom stereocenters. The number of nitrogens with one attached hydrogen (secondary N) is 2. The molecule has 1 aliphatic rings. The van der Waals surface area contributed by atoms with Crippen LogP contribution in [0.1, 0.15) is 0 Å². The molecule has 17 heavy (non-hydrogen) atoms. The van der Waals surface area contributed by atoms with Crippen LogP contribution in [-0.4, -0.2) is 40.9 Å². The van der Waals surface area contributed by atoms with Crippen LogP contribution in [-0.2, 0) is 10.0 Å². The zero-order valence-electron chi connectivity index (χ0n) is 9.81. The van der Waals surface area contributed by atoms with Crippen LogP contribution < -0.4 is 14.9 Å². The third-order valence-corrected chi connectivity index (χ3v) is 3.24. The van der Waals surface area contributed by atoms with Crippen LogP contribution in [0.2, 0.25) is 0 Å². The molecule has 0 aromatic heterocycles. The van der Waals surface area contributed by atoms with Gasteiger partial charge in [0, 0.05) is 31.9 Å². The number of anilines is 2. The van der Waals surface area contributed by atoms with E-state index in [1.807, 2.05) is 18.2 Å². The normalized spacial score (nSPS) is 16.9. The lowest BCUT2D eigenvalue weighted by Gasteiger charge is -2.29. The van der Waals surface area contributed by atoms with Crippen LogP contribution in [0.25, 0.3) is 0 Å². The Labute approximate surface area is 102 Å². The van der Waals surface area contributed by atoms with E-state index in [4.69, 9.17) is 0 Å². The van der Waals surface area contributed by atoms with Gasteiger partial charge < -0.3 is 10.2 Å². The second-order valence-electron chi connectivity index (χ2n) is 4.16. The smallest absolute Gasteiger partial charge is 0.229 e. The largest absolute Gasteiger partial charge is 0.369 e. The van der Waals surface area contributed by atoms with E-state index < -0.39 is 10.0 Å². The Morgan fingerprint density at radius 2 is 2.00 bits per heavy atom. The lowest BCUT2D eigenvalue weighted by Crippen LogP contribution is -2.43. The Morgan fingerprint density at radius 3 is 2.65 bits per heavy atom. The van der Waals surface area contributed by atoms with Gasteiger partial charge in [0.1, 0.15) is 0 Å². The highest BCUT2D eigenvalue weighted by atomic mass is 32.2. The van der Waals surface area contributed by atoms with E-state index in [0.717, 1.165) is 38.1 Å². The number of hydrogen-bond donors (Lipinski definition) is 2. The Morgan fingerprint density at radius 1 is 1.29 bits per heavy atom. The van der Waals surface area contributed by atoms with Crippen molar-refractivity contribution in [2.45, 2.75) is 0 Å². The summed E-state index contributed by atoms with van der Waals surface area (Å²) in [5.41, 5.74) is 1.67. The molecule has 0 aliphatic carbocycles. The number of hydrogen-bond acceptors (Lipinski definition) is 4. The van der Waals surface area contributed by atoms with E-state index in [9.17, 15) is 8.42 Å². The van der Waals surface area contributed by atoms with Gasteiger partial charge in [-0.25, -0.2) is 8.42 Å². The quantitative estimate of drug-likeness (QED) is 0.824. The Bertz CT molecular complexity index is 481. The topological polar surface area (TPSA) is 61.4 Å². The summed E-state index contributed by atoms with van der Waals surface area (Å²) in [6, 6.07) is 7.49. The highest BCUT2D eigenvalue weighted by Crippen LogP contribution is 2.20. The van der Waals surface area contributed by atoms with Crippen molar-refractivity contribution in [3.05, 3.63) is 24.3 Å². The first-order valence-electron chi connectivity index (χ1n) is 5.58. The van der Waals surface area contributed by atoms with Gasteiger partial charge in [0.15, 0.2) is 0 Å². The highest BCUT2D eigenvalue weighted by molar-refractivity contribution is 7.92. The molecule has 0 radical (unpaired) electrons. The lowest BCUT2D eigenvalue weighted by molar-refractivity contribution is 0.589. The summed E-state index contributed by atoms with van der Waals surface area (Å²) in [6.45, 7) is 3.82. The molecule has 1 saturated heterocycles. The van der Waals surface area contributed by atoms with E-state index in [2.05, 4.69) is 14.9 Å². The van der Waals surface area contributed by atoms with Crippen LogP contribution >= 0.6 is 0 Å². The second kappa shape index (κ2) is 4.93. The van der Waals surface area contributed by atoms with Crippen molar-refractivity contribution in [1.82, 2.24) is 5.32 Å². The van der Waals surface area contributed by atoms with Crippen molar-refractivity contribution in [1.29, 1.82) is 0 Å². The average molecular weight is 255 g/mol. The summed E-state index contributed by atoms with van der Waals surface area (Å²) >= 11 is 0. The minimum atomic E-state index is -3.21. The average Bonchev–Trinajstić information content (AvgIpc) is 2.28. The van der Waals surface area contributed by atoms with Gasteiger partial charge >= 0.3 is 0 Å². The van der Waals surface area contributed by atoms with Crippen LogP contribution in [0.3, 0.4) is 0 Å². The van der Waals surface area contributed by atoms with Gasteiger partial charge in [-0.1, -0.05) is 6.07 Å². The van der Waals surface area contributed by atoms with Crippen molar-refractivity contribution >= 4 is 21.4 Å². The number of rotatable bonds is 3. The Hall–Kier alpha value is -1.27. The van der Waals surface area contributed by atoms with E-state index in [1.54, 1.807) is 6.07 Å². The Balaban J connectivity index is 2.16. The van der Waals surface area contributed by atoms with Crippen LogP contribution in [0.15, 0.2) is 24.3 Å². The van der Waals surface area contributed by atoms with Gasteiger partial charge in [-0.05, 0) is 18.2 Å². The fraction of sp³-hybridized carbons (Fsp3) is 0.455. The molecule has 5 nitrogen and oxygen atoms in total. The molecule has 1 heterocycles. The lowest BCUT2D eigenvalue weighted by atomic mass is 10.2. The molecule has 1 fully saturated rings. The third kappa shape index (κ3) is 3.61. The second-order valence-corrected chi connectivity index (χ2v) is 5.91. The monoisotopic (exact) mass is 255 g/mol. The number of piperazine rings is 1. The van der Waals surface area contributed by atoms with Crippen LogP contribution in [0, 0.1) is 0 Å². The first-order valence-corrected chi connectivity index (χ1v) is 7.47. The molecule has 2 N–H and O–H groups in total. The maximum atomic E-state index is 11.2. The maximum absolute atomic E-state index is 11.2. The zero-order chi connectivity index (χ0) is 12.3. The maximum Gasteiger partial charge on any atom is 0.229 e. The molecule has 0 amide bonds. The van der Waals surface area contributed by atoms with Crippen LogP contribution in [0.4, 0.5) is 11.4 Å². The standard InChI is InChI=1S/C11H17N3O2S/c1-17(15,16)13-10-3-2-4-11(9-10)14-7-5-12-6-8-14/h2-4,9,12-13H,5-8H2,1H3. The van der Waals surface area contributed by atoms with Crippen molar-refractivity contribution in [3.8, 4) is 0 Å². The molecule has 1 aromatic rings. The van der Waals surface area contributed by atoms with Crippen molar-refractivity contribution in [2.75, 3.05) is 42.1 Å². The van der Waals surface area contributed by atoms with Gasteiger partial charge in [-0.15, -0.1) is 0 Å². The first-order chi connectivity index (χ1) is 8.04. The predicted octanol–water partition coefficient (Wildman–Crippen LogP) is 0.468. The molecular weight excluding hydrogens is 238 g/mol. The summed E-state index contributed by atoms with van der Waals surface area (Å²) in [6.07, 6.45) is 1.16. The fourth-order valence-electron chi connectivity index (χ4n) is 1.90. The fourth-order valence-corrected chi connectivity index (χ4v) is 2.46. The highest BCUT2D eigenvalue weighted by Gasteiger charge is 2.11. The SMILES string of the molecule is CS(=O)(=O)Nc1cccc(N2CCNCC2)c1. The summed E-state index contributed by atoms with van der Waals surface area (Å²) in [7, 11) is -3.21. The minimum Gasteiger partial charge on any atom is -0.369 e. The van der Waals surface area contributed by atoms with Crippen molar-refractivity contribution in [3.63, 3.8) is 0 Å².